The van der Waals surface area contributed by atoms with Crippen LogP contribution in [-0.4, -0.2) is 58.0 Å². The van der Waals surface area contributed by atoms with Crippen LogP contribution in [0.4, 0.5) is 0 Å². The molecule has 2 fully saturated rings. The standard InChI is InChI=1S/C16H24N4O2/c1-11-9-17-18-15(11)14-5-8-20(10-14)16(22)13-3-6-19(7-4-13)12(2)21/h9,13-14H,3-8,10H2,1-2H3,(H,17,18)/t14-/m1/s1. The van der Waals surface area contributed by atoms with Crippen LogP contribution < -0.4 is 0 Å². The smallest absolute Gasteiger partial charge is 0.225 e. The minimum Gasteiger partial charge on any atom is -0.343 e. The minimum atomic E-state index is 0.0808. The molecule has 0 aromatic carbocycles. The summed E-state index contributed by atoms with van der Waals surface area (Å²) >= 11 is 0. The number of aromatic amines is 1. The molecule has 1 N–H and O–H groups in total. The third-order valence-electron chi connectivity index (χ3n) is 5.07. The summed E-state index contributed by atoms with van der Waals surface area (Å²) < 4.78 is 0. The largest absolute Gasteiger partial charge is 0.343 e. The van der Waals surface area contributed by atoms with Gasteiger partial charge in [0.2, 0.25) is 11.8 Å². The lowest BCUT2D eigenvalue weighted by Gasteiger charge is -2.32. The van der Waals surface area contributed by atoms with Gasteiger partial charge in [0.25, 0.3) is 0 Å². The van der Waals surface area contributed by atoms with Gasteiger partial charge < -0.3 is 9.80 Å². The average Bonchev–Trinajstić information content (AvgIpc) is 3.15. The van der Waals surface area contributed by atoms with Crippen LogP contribution in [0, 0.1) is 12.8 Å². The second-order valence-electron chi connectivity index (χ2n) is 6.52. The van der Waals surface area contributed by atoms with Crippen molar-refractivity contribution in [3.05, 3.63) is 17.5 Å². The number of carbonyl (C=O) groups is 2. The molecule has 0 bridgehead atoms. The van der Waals surface area contributed by atoms with E-state index in [-0.39, 0.29) is 17.7 Å². The quantitative estimate of drug-likeness (QED) is 0.895. The van der Waals surface area contributed by atoms with E-state index in [0.717, 1.165) is 32.4 Å². The van der Waals surface area contributed by atoms with Crippen molar-refractivity contribution in [2.75, 3.05) is 26.2 Å². The van der Waals surface area contributed by atoms with E-state index >= 15 is 0 Å². The molecule has 3 heterocycles. The van der Waals surface area contributed by atoms with E-state index in [0.29, 0.717) is 19.0 Å². The summed E-state index contributed by atoms with van der Waals surface area (Å²) in [6.45, 7) is 6.69. The Morgan fingerprint density at radius 2 is 1.86 bits per heavy atom. The van der Waals surface area contributed by atoms with Gasteiger partial charge in [0.05, 0.1) is 6.20 Å². The van der Waals surface area contributed by atoms with Gasteiger partial charge in [0, 0.05) is 50.6 Å². The van der Waals surface area contributed by atoms with E-state index < -0.39 is 0 Å². The molecule has 2 saturated heterocycles. The molecule has 6 nitrogen and oxygen atoms in total. The highest BCUT2D eigenvalue weighted by Crippen LogP contribution is 2.30. The lowest BCUT2D eigenvalue weighted by atomic mass is 9.95. The number of aryl methyl sites for hydroxylation is 1. The third-order valence-corrected chi connectivity index (χ3v) is 5.07. The van der Waals surface area contributed by atoms with E-state index in [9.17, 15) is 9.59 Å². The monoisotopic (exact) mass is 304 g/mol. The number of aromatic nitrogens is 2. The van der Waals surface area contributed by atoms with Crippen LogP contribution in [0.3, 0.4) is 0 Å². The molecule has 1 aromatic rings. The van der Waals surface area contributed by atoms with Crippen LogP contribution in [0.15, 0.2) is 6.20 Å². The fraction of sp³-hybridized carbons (Fsp3) is 0.688. The second kappa shape index (κ2) is 6.10. The molecule has 1 aromatic heterocycles. The highest BCUT2D eigenvalue weighted by Gasteiger charge is 2.34. The van der Waals surface area contributed by atoms with E-state index in [2.05, 4.69) is 17.1 Å². The lowest BCUT2D eigenvalue weighted by molar-refractivity contribution is -0.139. The molecule has 22 heavy (non-hydrogen) atoms. The maximum atomic E-state index is 12.7. The van der Waals surface area contributed by atoms with Gasteiger partial charge in [-0.2, -0.15) is 5.10 Å². The Hall–Kier alpha value is -1.85. The van der Waals surface area contributed by atoms with Gasteiger partial charge in [-0.05, 0) is 31.7 Å². The summed E-state index contributed by atoms with van der Waals surface area (Å²) in [6, 6.07) is 0. The molecule has 1 atom stereocenters. The van der Waals surface area contributed by atoms with Crippen molar-refractivity contribution in [2.45, 2.75) is 39.0 Å². The first-order valence-corrected chi connectivity index (χ1v) is 8.10. The van der Waals surface area contributed by atoms with Crippen LogP contribution in [0.25, 0.3) is 0 Å². The maximum absolute atomic E-state index is 12.7. The average molecular weight is 304 g/mol. The number of carbonyl (C=O) groups excluding carboxylic acids is 2. The summed E-state index contributed by atoms with van der Waals surface area (Å²) in [5, 5.41) is 7.16. The van der Waals surface area contributed by atoms with Crippen molar-refractivity contribution >= 4 is 11.8 Å². The summed E-state index contributed by atoms with van der Waals surface area (Å²) in [4.78, 5) is 27.9. The van der Waals surface area contributed by atoms with Crippen molar-refractivity contribution in [1.82, 2.24) is 20.0 Å². The first-order valence-electron chi connectivity index (χ1n) is 8.10. The number of H-pyrrole nitrogens is 1. The molecular weight excluding hydrogens is 280 g/mol. The Labute approximate surface area is 130 Å². The maximum Gasteiger partial charge on any atom is 0.225 e. The molecule has 2 aliphatic heterocycles. The number of rotatable bonds is 2. The van der Waals surface area contributed by atoms with Crippen LogP contribution in [-0.2, 0) is 9.59 Å². The molecule has 0 radical (unpaired) electrons. The normalized spacial score (nSPS) is 23.1. The van der Waals surface area contributed by atoms with Crippen molar-refractivity contribution in [3.63, 3.8) is 0 Å². The van der Waals surface area contributed by atoms with Gasteiger partial charge in [-0.3, -0.25) is 14.7 Å². The molecule has 0 unspecified atom stereocenters. The zero-order valence-corrected chi connectivity index (χ0v) is 13.3. The number of likely N-dealkylation sites (tertiary alicyclic amines) is 2. The third kappa shape index (κ3) is 2.87. The molecule has 2 aliphatic rings. The molecule has 6 heteroatoms. The molecular formula is C16H24N4O2. The summed E-state index contributed by atoms with van der Waals surface area (Å²) in [6.07, 6.45) is 4.43. The summed E-state index contributed by atoms with van der Waals surface area (Å²) in [5.41, 5.74) is 2.34. The van der Waals surface area contributed by atoms with Crippen LogP contribution >= 0.6 is 0 Å². The van der Waals surface area contributed by atoms with Crippen molar-refractivity contribution in [2.24, 2.45) is 5.92 Å². The Balaban J connectivity index is 1.56. The van der Waals surface area contributed by atoms with Crippen molar-refractivity contribution in [1.29, 1.82) is 0 Å². The minimum absolute atomic E-state index is 0.0808. The molecule has 0 aliphatic carbocycles. The van der Waals surface area contributed by atoms with E-state index in [4.69, 9.17) is 0 Å². The highest BCUT2D eigenvalue weighted by molar-refractivity contribution is 5.80. The lowest BCUT2D eigenvalue weighted by Crippen LogP contribution is -2.43. The Morgan fingerprint density at radius 1 is 1.18 bits per heavy atom. The Bertz CT molecular complexity index is 560. The van der Waals surface area contributed by atoms with Crippen molar-refractivity contribution in [3.8, 4) is 0 Å². The second-order valence-corrected chi connectivity index (χ2v) is 6.52. The van der Waals surface area contributed by atoms with E-state index in [1.54, 1.807) is 6.92 Å². The van der Waals surface area contributed by atoms with Crippen LogP contribution in [0.2, 0.25) is 0 Å². The Kier molecular flexibility index (Phi) is 4.18. The van der Waals surface area contributed by atoms with Crippen LogP contribution in [0.5, 0.6) is 0 Å². The number of nitrogens with zero attached hydrogens (tertiary/aromatic N) is 3. The highest BCUT2D eigenvalue weighted by atomic mass is 16.2. The van der Waals surface area contributed by atoms with Gasteiger partial charge in [0.1, 0.15) is 0 Å². The number of nitrogens with one attached hydrogen (secondary N) is 1. The van der Waals surface area contributed by atoms with E-state index in [1.165, 1.54) is 11.3 Å². The predicted octanol–water partition coefficient (Wildman–Crippen LogP) is 1.29. The van der Waals surface area contributed by atoms with Gasteiger partial charge in [-0.25, -0.2) is 0 Å². The zero-order valence-electron chi connectivity index (χ0n) is 13.3. The summed E-state index contributed by atoms with van der Waals surface area (Å²) in [5.74, 6) is 0.839. The predicted molar refractivity (Wildman–Crippen MR) is 82.2 cm³/mol. The number of hydrogen-bond acceptors (Lipinski definition) is 3. The Morgan fingerprint density at radius 3 is 2.45 bits per heavy atom. The van der Waals surface area contributed by atoms with Gasteiger partial charge in [0.15, 0.2) is 0 Å². The molecule has 3 rings (SSSR count). The van der Waals surface area contributed by atoms with Crippen molar-refractivity contribution < 1.29 is 9.59 Å². The number of hydrogen-bond donors (Lipinski definition) is 1. The SMILES string of the molecule is CC(=O)N1CCC(C(=O)N2CC[C@@H](c3[nH]ncc3C)C2)CC1. The summed E-state index contributed by atoms with van der Waals surface area (Å²) in [7, 11) is 0. The number of piperidine rings is 1. The molecule has 0 saturated carbocycles. The number of amides is 2. The molecule has 2 amide bonds. The fourth-order valence-electron chi connectivity index (χ4n) is 3.67. The first kappa shape index (κ1) is 15.1. The van der Waals surface area contributed by atoms with Gasteiger partial charge >= 0.3 is 0 Å². The molecule has 0 spiro atoms. The molecule has 120 valence electrons. The van der Waals surface area contributed by atoms with Crippen LogP contribution in [0.1, 0.15) is 43.4 Å². The van der Waals surface area contributed by atoms with Gasteiger partial charge in [-0.1, -0.05) is 0 Å². The van der Waals surface area contributed by atoms with E-state index in [1.807, 2.05) is 16.0 Å². The fourth-order valence-corrected chi connectivity index (χ4v) is 3.67. The van der Waals surface area contributed by atoms with Gasteiger partial charge in [-0.15, -0.1) is 0 Å². The zero-order chi connectivity index (χ0) is 15.7. The first-order chi connectivity index (χ1) is 10.6. The topological polar surface area (TPSA) is 69.3 Å².